The van der Waals surface area contributed by atoms with Gasteiger partial charge in [-0.15, -0.1) is 0 Å². The van der Waals surface area contributed by atoms with Gasteiger partial charge in [0.25, 0.3) is 0 Å². The van der Waals surface area contributed by atoms with Crippen molar-refractivity contribution in [2.75, 3.05) is 0 Å². The minimum atomic E-state index is -0.655. The van der Waals surface area contributed by atoms with E-state index in [0.29, 0.717) is 6.42 Å². The third-order valence-electron chi connectivity index (χ3n) is 4.26. The number of hydrogen-bond acceptors (Lipinski definition) is 2. The lowest BCUT2D eigenvalue weighted by molar-refractivity contribution is -0.204. The van der Waals surface area contributed by atoms with Crippen LogP contribution in [0.15, 0.2) is 0 Å². The Balaban J connectivity index is 2.32. The van der Waals surface area contributed by atoms with E-state index in [4.69, 9.17) is 0 Å². The summed E-state index contributed by atoms with van der Waals surface area (Å²) in [7, 11) is 0. The van der Waals surface area contributed by atoms with E-state index in [2.05, 4.69) is 6.92 Å². The van der Waals surface area contributed by atoms with E-state index >= 15 is 0 Å². The molecule has 0 aromatic heterocycles. The minimum absolute atomic E-state index is 0.0531. The number of hydrogen-bond donors (Lipinski definition) is 2. The van der Waals surface area contributed by atoms with Crippen molar-refractivity contribution < 1.29 is 10.2 Å². The zero-order valence-electron chi connectivity index (χ0n) is 7.93. The lowest BCUT2D eigenvalue weighted by atomic mass is 9.52. The van der Waals surface area contributed by atoms with Gasteiger partial charge in [-0.05, 0) is 38.0 Å². The first-order valence-corrected chi connectivity index (χ1v) is 4.82. The largest absolute Gasteiger partial charge is 0.390 e. The summed E-state index contributed by atoms with van der Waals surface area (Å²) in [5, 5.41) is 20.1. The third-order valence-corrected chi connectivity index (χ3v) is 4.26. The summed E-state index contributed by atoms with van der Waals surface area (Å²) in [5.41, 5.74) is -1.16. The van der Waals surface area contributed by atoms with Gasteiger partial charge in [0.2, 0.25) is 0 Å². The fourth-order valence-corrected chi connectivity index (χ4v) is 2.84. The molecule has 0 aliphatic heterocycles. The monoisotopic (exact) mass is 170 g/mol. The normalized spacial score (nSPS) is 59.0. The van der Waals surface area contributed by atoms with Gasteiger partial charge in [0, 0.05) is 6.42 Å². The Hall–Kier alpha value is -0.0800. The highest BCUT2D eigenvalue weighted by molar-refractivity contribution is 5.09. The predicted molar refractivity (Wildman–Crippen MR) is 46.8 cm³/mol. The molecule has 1 atom stereocenters. The molecular formula is C10H18O2. The first-order chi connectivity index (χ1) is 5.37. The lowest BCUT2D eigenvalue weighted by Gasteiger charge is -2.58. The zero-order valence-corrected chi connectivity index (χ0v) is 7.93. The van der Waals surface area contributed by atoms with Gasteiger partial charge in [0.05, 0.1) is 11.2 Å². The molecule has 0 aromatic carbocycles. The summed E-state index contributed by atoms with van der Waals surface area (Å²) in [5.74, 6) is 0. The van der Waals surface area contributed by atoms with E-state index in [0.717, 1.165) is 25.7 Å². The molecule has 0 radical (unpaired) electrons. The third kappa shape index (κ3) is 0.944. The molecule has 3 rings (SSSR count). The quantitative estimate of drug-likeness (QED) is 0.577. The maximum Gasteiger partial charge on any atom is 0.0700 e. The SMILES string of the molecule is CC1(O)CC2(O)CCC1(C)CC2. The summed E-state index contributed by atoms with van der Waals surface area (Å²) in [6.07, 6.45) is 4.25. The molecule has 3 aliphatic rings. The molecule has 0 aromatic rings. The Morgan fingerprint density at radius 2 is 1.42 bits per heavy atom. The van der Waals surface area contributed by atoms with Gasteiger partial charge < -0.3 is 10.2 Å². The van der Waals surface area contributed by atoms with Gasteiger partial charge in [-0.3, -0.25) is 0 Å². The second-order valence-corrected chi connectivity index (χ2v) is 5.24. The van der Waals surface area contributed by atoms with E-state index in [1.807, 2.05) is 6.92 Å². The average molecular weight is 170 g/mol. The summed E-state index contributed by atoms with van der Waals surface area (Å²) in [4.78, 5) is 0. The molecule has 3 aliphatic carbocycles. The molecule has 0 saturated heterocycles. The highest BCUT2D eigenvalue weighted by Crippen LogP contribution is 2.57. The van der Waals surface area contributed by atoms with Crippen molar-refractivity contribution in [2.45, 2.75) is 57.2 Å². The van der Waals surface area contributed by atoms with Gasteiger partial charge in [-0.2, -0.15) is 0 Å². The van der Waals surface area contributed by atoms with Gasteiger partial charge in [0.15, 0.2) is 0 Å². The maximum atomic E-state index is 10.1. The van der Waals surface area contributed by atoms with E-state index in [9.17, 15) is 10.2 Å². The molecule has 3 fully saturated rings. The molecule has 2 heteroatoms. The van der Waals surface area contributed by atoms with Crippen LogP contribution in [0.25, 0.3) is 0 Å². The number of rotatable bonds is 0. The Morgan fingerprint density at radius 1 is 0.917 bits per heavy atom. The van der Waals surface area contributed by atoms with Gasteiger partial charge in [-0.1, -0.05) is 6.92 Å². The second kappa shape index (κ2) is 2.05. The van der Waals surface area contributed by atoms with Crippen molar-refractivity contribution in [2.24, 2.45) is 5.41 Å². The molecule has 0 amide bonds. The highest BCUT2D eigenvalue weighted by atomic mass is 16.3. The van der Waals surface area contributed by atoms with E-state index in [-0.39, 0.29) is 5.41 Å². The van der Waals surface area contributed by atoms with Crippen LogP contribution in [0, 0.1) is 5.41 Å². The van der Waals surface area contributed by atoms with Crippen molar-refractivity contribution in [3.05, 3.63) is 0 Å². The predicted octanol–water partition coefficient (Wildman–Crippen LogP) is 1.45. The van der Waals surface area contributed by atoms with Crippen LogP contribution in [0.2, 0.25) is 0 Å². The van der Waals surface area contributed by atoms with Crippen LogP contribution in [0.1, 0.15) is 46.0 Å². The Morgan fingerprint density at radius 3 is 1.75 bits per heavy atom. The summed E-state index contributed by atoms with van der Waals surface area (Å²) < 4.78 is 0. The van der Waals surface area contributed by atoms with Crippen LogP contribution in [0.3, 0.4) is 0 Å². The van der Waals surface area contributed by atoms with Gasteiger partial charge in [0.1, 0.15) is 0 Å². The van der Waals surface area contributed by atoms with Crippen molar-refractivity contribution >= 4 is 0 Å². The molecule has 3 saturated carbocycles. The first kappa shape index (κ1) is 8.52. The van der Waals surface area contributed by atoms with Crippen LogP contribution in [-0.4, -0.2) is 21.4 Å². The molecule has 1 unspecified atom stereocenters. The molecule has 70 valence electrons. The Kier molecular flexibility index (Phi) is 1.45. The summed E-state index contributed by atoms with van der Waals surface area (Å²) in [6, 6.07) is 0. The molecule has 0 spiro atoms. The summed E-state index contributed by atoms with van der Waals surface area (Å²) in [6.45, 7) is 4.02. The van der Waals surface area contributed by atoms with E-state index in [1.165, 1.54) is 0 Å². The summed E-state index contributed by atoms with van der Waals surface area (Å²) >= 11 is 0. The van der Waals surface area contributed by atoms with Gasteiger partial charge in [-0.25, -0.2) is 0 Å². The van der Waals surface area contributed by atoms with E-state index in [1.54, 1.807) is 0 Å². The standard InChI is InChI=1S/C10H18O2/c1-8-3-5-10(12,6-4-8)7-9(8,2)11/h11-12H,3-7H2,1-2H3. The second-order valence-electron chi connectivity index (χ2n) is 5.24. The highest BCUT2D eigenvalue weighted by Gasteiger charge is 2.57. The lowest BCUT2D eigenvalue weighted by Crippen LogP contribution is -2.59. The zero-order chi connectivity index (χ0) is 9.04. The molecule has 2 nitrogen and oxygen atoms in total. The van der Waals surface area contributed by atoms with Gasteiger partial charge >= 0.3 is 0 Å². The van der Waals surface area contributed by atoms with Crippen LogP contribution in [0.4, 0.5) is 0 Å². The molecular weight excluding hydrogens is 152 g/mol. The van der Waals surface area contributed by atoms with Crippen LogP contribution >= 0.6 is 0 Å². The van der Waals surface area contributed by atoms with Crippen molar-refractivity contribution in [1.82, 2.24) is 0 Å². The Bertz CT molecular complexity index is 200. The maximum absolute atomic E-state index is 10.1. The molecule has 2 bridgehead atoms. The van der Waals surface area contributed by atoms with Crippen molar-refractivity contribution in [3.63, 3.8) is 0 Å². The van der Waals surface area contributed by atoms with Crippen LogP contribution in [-0.2, 0) is 0 Å². The van der Waals surface area contributed by atoms with E-state index < -0.39 is 11.2 Å². The smallest absolute Gasteiger partial charge is 0.0700 e. The fraction of sp³-hybridized carbons (Fsp3) is 1.00. The fourth-order valence-electron chi connectivity index (χ4n) is 2.84. The van der Waals surface area contributed by atoms with Crippen molar-refractivity contribution in [1.29, 1.82) is 0 Å². The number of aliphatic hydroxyl groups is 2. The molecule has 0 heterocycles. The van der Waals surface area contributed by atoms with Crippen LogP contribution in [0.5, 0.6) is 0 Å². The minimum Gasteiger partial charge on any atom is -0.390 e. The number of fused-ring (bicyclic) bond motifs is 3. The van der Waals surface area contributed by atoms with Crippen LogP contribution < -0.4 is 0 Å². The molecule has 12 heavy (non-hydrogen) atoms. The molecule has 2 N–H and O–H groups in total. The first-order valence-electron chi connectivity index (χ1n) is 4.82. The van der Waals surface area contributed by atoms with Crippen molar-refractivity contribution in [3.8, 4) is 0 Å². The Labute approximate surface area is 73.6 Å². The average Bonchev–Trinajstić information content (AvgIpc) is 1.92. The topological polar surface area (TPSA) is 40.5 Å².